The number of anilines is 1. The van der Waals surface area contributed by atoms with E-state index in [1.165, 1.54) is 11.8 Å². The molecule has 2 aromatic rings. The topological polar surface area (TPSA) is 80.2 Å². The summed E-state index contributed by atoms with van der Waals surface area (Å²) < 4.78 is 10.4. The van der Waals surface area contributed by atoms with Gasteiger partial charge in [-0.1, -0.05) is 18.2 Å². The highest BCUT2D eigenvalue weighted by atomic mass is 16.5. The SMILES string of the molecule is COc1ccc(/C=N/NC(=O)CCC(=O)N2CCCc3ccccc32)cc1OC. The lowest BCUT2D eigenvalue weighted by Crippen LogP contribution is -2.36. The molecule has 1 N–H and O–H groups in total. The number of aryl methyl sites for hydroxylation is 1. The van der Waals surface area contributed by atoms with E-state index in [-0.39, 0.29) is 24.7 Å². The van der Waals surface area contributed by atoms with Gasteiger partial charge < -0.3 is 14.4 Å². The summed E-state index contributed by atoms with van der Waals surface area (Å²) >= 11 is 0. The van der Waals surface area contributed by atoms with Crippen LogP contribution in [0.1, 0.15) is 30.4 Å². The molecular weight excluding hydrogens is 370 g/mol. The van der Waals surface area contributed by atoms with Gasteiger partial charge >= 0.3 is 0 Å². The van der Waals surface area contributed by atoms with Crippen LogP contribution >= 0.6 is 0 Å². The number of hydrogen-bond acceptors (Lipinski definition) is 5. The minimum absolute atomic E-state index is 0.0452. The van der Waals surface area contributed by atoms with Gasteiger partial charge in [-0.05, 0) is 48.2 Å². The Labute approximate surface area is 170 Å². The predicted octanol–water partition coefficient (Wildman–Crippen LogP) is 2.91. The van der Waals surface area contributed by atoms with E-state index in [2.05, 4.69) is 10.5 Å². The predicted molar refractivity (Wildman–Crippen MR) is 112 cm³/mol. The minimum atomic E-state index is -0.305. The number of fused-ring (bicyclic) bond motifs is 1. The molecular formula is C22H25N3O4. The Morgan fingerprint density at radius 3 is 2.69 bits per heavy atom. The highest BCUT2D eigenvalue weighted by Crippen LogP contribution is 2.28. The lowest BCUT2D eigenvalue weighted by molar-refractivity contribution is -0.125. The molecule has 7 nitrogen and oxygen atoms in total. The Bertz CT molecular complexity index is 911. The van der Waals surface area contributed by atoms with Crippen LogP contribution in [0, 0.1) is 0 Å². The number of benzene rings is 2. The van der Waals surface area contributed by atoms with Gasteiger partial charge in [-0.25, -0.2) is 5.43 Å². The van der Waals surface area contributed by atoms with Crippen molar-refractivity contribution in [2.24, 2.45) is 5.10 Å². The maximum atomic E-state index is 12.6. The number of carbonyl (C=O) groups is 2. The average Bonchev–Trinajstić information content (AvgIpc) is 2.76. The number of carbonyl (C=O) groups excluding carboxylic acids is 2. The van der Waals surface area contributed by atoms with E-state index < -0.39 is 0 Å². The Morgan fingerprint density at radius 2 is 1.90 bits per heavy atom. The van der Waals surface area contributed by atoms with Crippen LogP contribution in [0.15, 0.2) is 47.6 Å². The molecule has 0 fully saturated rings. The molecule has 0 spiro atoms. The summed E-state index contributed by atoms with van der Waals surface area (Å²) in [6.45, 7) is 0.689. The molecule has 1 aliphatic heterocycles. The molecule has 2 amide bonds. The molecule has 0 radical (unpaired) electrons. The van der Waals surface area contributed by atoms with Crippen molar-refractivity contribution in [2.75, 3.05) is 25.7 Å². The number of ether oxygens (including phenoxy) is 2. The Morgan fingerprint density at radius 1 is 1.10 bits per heavy atom. The van der Waals surface area contributed by atoms with E-state index >= 15 is 0 Å². The molecule has 0 saturated carbocycles. The Kier molecular flexibility index (Phi) is 6.84. The van der Waals surface area contributed by atoms with Gasteiger partial charge in [0, 0.05) is 25.1 Å². The zero-order chi connectivity index (χ0) is 20.6. The zero-order valence-electron chi connectivity index (χ0n) is 16.7. The Balaban J connectivity index is 1.50. The summed E-state index contributed by atoms with van der Waals surface area (Å²) in [5.41, 5.74) is 5.35. The molecule has 1 heterocycles. The zero-order valence-corrected chi connectivity index (χ0v) is 16.7. The van der Waals surface area contributed by atoms with Crippen molar-refractivity contribution in [3.8, 4) is 11.5 Å². The number of hydrazone groups is 1. The molecule has 0 aliphatic carbocycles. The molecule has 3 rings (SSSR count). The van der Waals surface area contributed by atoms with Gasteiger partial charge in [0.15, 0.2) is 11.5 Å². The number of rotatable bonds is 7. The second kappa shape index (κ2) is 9.73. The van der Waals surface area contributed by atoms with Crippen molar-refractivity contribution in [3.05, 3.63) is 53.6 Å². The fourth-order valence-corrected chi connectivity index (χ4v) is 3.32. The van der Waals surface area contributed by atoms with Crippen LogP contribution in [-0.2, 0) is 16.0 Å². The van der Waals surface area contributed by atoms with E-state index in [0.29, 0.717) is 18.0 Å². The smallest absolute Gasteiger partial charge is 0.240 e. The van der Waals surface area contributed by atoms with Crippen LogP contribution in [0.2, 0.25) is 0 Å². The van der Waals surface area contributed by atoms with Crippen molar-refractivity contribution < 1.29 is 19.1 Å². The van der Waals surface area contributed by atoms with Gasteiger partial charge in [0.25, 0.3) is 0 Å². The van der Waals surface area contributed by atoms with E-state index in [9.17, 15) is 9.59 Å². The second-order valence-corrected chi connectivity index (χ2v) is 6.69. The molecule has 0 aromatic heterocycles. The van der Waals surface area contributed by atoms with E-state index in [0.717, 1.165) is 24.1 Å². The lowest BCUT2D eigenvalue weighted by Gasteiger charge is -2.29. The van der Waals surface area contributed by atoms with Crippen molar-refractivity contribution in [1.82, 2.24) is 5.43 Å². The number of para-hydroxylation sites is 1. The summed E-state index contributed by atoms with van der Waals surface area (Å²) in [6, 6.07) is 13.2. The Hall–Kier alpha value is -3.35. The summed E-state index contributed by atoms with van der Waals surface area (Å²) in [4.78, 5) is 26.4. The van der Waals surface area contributed by atoms with Gasteiger partial charge in [0.2, 0.25) is 11.8 Å². The molecule has 29 heavy (non-hydrogen) atoms. The monoisotopic (exact) mass is 395 g/mol. The fourth-order valence-electron chi connectivity index (χ4n) is 3.32. The van der Waals surface area contributed by atoms with Crippen LogP contribution in [0.3, 0.4) is 0 Å². The number of amides is 2. The molecule has 152 valence electrons. The summed E-state index contributed by atoms with van der Waals surface area (Å²) in [5, 5.41) is 3.95. The van der Waals surface area contributed by atoms with E-state index in [1.807, 2.05) is 24.3 Å². The maximum Gasteiger partial charge on any atom is 0.240 e. The first-order valence-electron chi connectivity index (χ1n) is 9.54. The molecule has 0 bridgehead atoms. The second-order valence-electron chi connectivity index (χ2n) is 6.69. The summed E-state index contributed by atoms with van der Waals surface area (Å²) in [6.07, 6.45) is 3.66. The number of nitrogens with one attached hydrogen (secondary N) is 1. The summed E-state index contributed by atoms with van der Waals surface area (Å²) in [5.74, 6) is 0.846. The lowest BCUT2D eigenvalue weighted by atomic mass is 10.0. The van der Waals surface area contributed by atoms with Crippen LogP contribution in [0.25, 0.3) is 0 Å². The molecule has 2 aromatic carbocycles. The van der Waals surface area contributed by atoms with Crippen molar-refractivity contribution >= 4 is 23.7 Å². The van der Waals surface area contributed by atoms with Crippen molar-refractivity contribution in [2.45, 2.75) is 25.7 Å². The highest BCUT2D eigenvalue weighted by molar-refractivity contribution is 5.96. The molecule has 7 heteroatoms. The normalized spacial score (nSPS) is 13.1. The van der Waals surface area contributed by atoms with Gasteiger partial charge in [-0.15, -0.1) is 0 Å². The third-order valence-corrected chi connectivity index (χ3v) is 4.79. The summed E-state index contributed by atoms with van der Waals surface area (Å²) in [7, 11) is 3.12. The first kappa shape index (κ1) is 20.4. The maximum absolute atomic E-state index is 12.6. The van der Waals surface area contributed by atoms with Gasteiger partial charge in [-0.3, -0.25) is 9.59 Å². The highest BCUT2D eigenvalue weighted by Gasteiger charge is 2.22. The first-order chi connectivity index (χ1) is 14.1. The van der Waals surface area contributed by atoms with Crippen molar-refractivity contribution in [3.63, 3.8) is 0 Å². The quantitative estimate of drug-likeness (QED) is 0.577. The van der Waals surface area contributed by atoms with Gasteiger partial charge in [0.05, 0.1) is 20.4 Å². The van der Waals surface area contributed by atoms with Gasteiger partial charge in [0.1, 0.15) is 0 Å². The largest absolute Gasteiger partial charge is 0.493 e. The van der Waals surface area contributed by atoms with Gasteiger partial charge in [-0.2, -0.15) is 5.10 Å². The molecule has 0 unspecified atom stereocenters. The number of nitrogens with zero attached hydrogens (tertiary/aromatic N) is 2. The molecule has 1 aliphatic rings. The average molecular weight is 395 g/mol. The first-order valence-corrected chi connectivity index (χ1v) is 9.54. The number of hydrogen-bond donors (Lipinski definition) is 1. The van der Waals surface area contributed by atoms with Crippen LogP contribution < -0.4 is 19.8 Å². The van der Waals surface area contributed by atoms with Crippen LogP contribution in [0.4, 0.5) is 5.69 Å². The third-order valence-electron chi connectivity index (χ3n) is 4.79. The minimum Gasteiger partial charge on any atom is -0.493 e. The molecule has 0 saturated heterocycles. The third kappa shape index (κ3) is 5.13. The van der Waals surface area contributed by atoms with Crippen LogP contribution in [0.5, 0.6) is 11.5 Å². The van der Waals surface area contributed by atoms with Crippen molar-refractivity contribution in [1.29, 1.82) is 0 Å². The van der Waals surface area contributed by atoms with Crippen LogP contribution in [-0.4, -0.2) is 38.8 Å². The van der Waals surface area contributed by atoms with E-state index in [4.69, 9.17) is 9.47 Å². The van der Waals surface area contributed by atoms with E-state index in [1.54, 1.807) is 37.3 Å². The molecule has 0 atom stereocenters. The standard InChI is InChI=1S/C22H25N3O4/c1-28-19-10-9-16(14-20(19)29-2)15-23-24-21(26)11-12-22(27)25-13-5-7-17-6-3-4-8-18(17)25/h3-4,6,8-10,14-15H,5,7,11-13H2,1-2H3,(H,24,26)/b23-15+. The number of methoxy groups -OCH3 is 2. The fraction of sp³-hybridized carbons (Fsp3) is 0.318.